The minimum Gasteiger partial charge on any atom is -0.465 e. The van der Waals surface area contributed by atoms with Gasteiger partial charge in [-0.25, -0.2) is 4.79 Å². The molecule has 0 aromatic heterocycles. The third-order valence-electron chi connectivity index (χ3n) is 1.66. The molecule has 5 heteroatoms. The summed E-state index contributed by atoms with van der Waals surface area (Å²) in [6.45, 7) is 0.881. The van der Waals surface area contributed by atoms with Crippen molar-refractivity contribution in [2.24, 2.45) is 5.92 Å². The summed E-state index contributed by atoms with van der Waals surface area (Å²) in [6.07, 6.45) is -0.358. The van der Waals surface area contributed by atoms with Crippen LogP contribution < -0.4 is 10.6 Å². The summed E-state index contributed by atoms with van der Waals surface area (Å²) < 4.78 is 0. The second-order valence-corrected chi connectivity index (χ2v) is 2.46. The van der Waals surface area contributed by atoms with Crippen molar-refractivity contribution < 1.29 is 14.7 Å². The number of hydrogen-bond acceptors (Lipinski definition) is 2. The maximum atomic E-state index is 10.8. The second-order valence-electron chi connectivity index (χ2n) is 2.46. The van der Waals surface area contributed by atoms with Gasteiger partial charge in [0.25, 0.3) is 0 Å². The molecule has 1 heterocycles. The van der Waals surface area contributed by atoms with Crippen LogP contribution in [0.5, 0.6) is 0 Å². The molecule has 62 valence electrons. The van der Waals surface area contributed by atoms with Crippen LogP contribution in [0.4, 0.5) is 4.79 Å². The summed E-state index contributed by atoms with van der Waals surface area (Å²) in [7, 11) is 0. The lowest BCUT2D eigenvalue weighted by atomic mass is 10.1. The zero-order valence-corrected chi connectivity index (χ0v) is 5.96. The fourth-order valence-corrected chi connectivity index (χ4v) is 1.05. The molecule has 0 bridgehead atoms. The monoisotopic (exact) mass is 158 g/mol. The van der Waals surface area contributed by atoms with Gasteiger partial charge in [0.15, 0.2) is 0 Å². The predicted octanol–water partition coefficient (Wildman–Crippen LogP) is -0.610. The maximum absolute atomic E-state index is 10.8. The van der Waals surface area contributed by atoms with Crippen LogP contribution in [0.25, 0.3) is 0 Å². The van der Waals surface area contributed by atoms with E-state index in [0.29, 0.717) is 6.54 Å². The number of carboxylic acid groups (broad SMARTS) is 1. The first kappa shape index (κ1) is 7.84. The molecular formula is C6H10N2O3. The zero-order valence-electron chi connectivity index (χ0n) is 5.96. The Hall–Kier alpha value is -1.26. The van der Waals surface area contributed by atoms with Gasteiger partial charge in [-0.2, -0.15) is 0 Å². The number of carbonyl (C=O) groups is 2. The smallest absolute Gasteiger partial charge is 0.404 e. The van der Waals surface area contributed by atoms with Crippen LogP contribution in [0.2, 0.25) is 0 Å². The maximum Gasteiger partial charge on any atom is 0.404 e. The van der Waals surface area contributed by atoms with Crippen molar-refractivity contribution in [2.75, 3.05) is 13.1 Å². The van der Waals surface area contributed by atoms with Crippen molar-refractivity contribution in [1.29, 1.82) is 0 Å². The minimum atomic E-state index is -1.08. The predicted molar refractivity (Wildman–Crippen MR) is 37.1 cm³/mol. The summed E-state index contributed by atoms with van der Waals surface area (Å²) in [5, 5.41) is 13.0. The van der Waals surface area contributed by atoms with Crippen molar-refractivity contribution in [2.45, 2.75) is 6.42 Å². The van der Waals surface area contributed by atoms with Crippen molar-refractivity contribution in [3.05, 3.63) is 0 Å². The Morgan fingerprint density at radius 2 is 2.55 bits per heavy atom. The average molecular weight is 158 g/mol. The molecule has 1 rings (SSSR count). The first-order valence-corrected chi connectivity index (χ1v) is 3.44. The van der Waals surface area contributed by atoms with Crippen LogP contribution in [-0.4, -0.2) is 30.2 Å². The standard InChI is InChI=1S/C6H10N2O3/c9-5-4(1-2-7-5)3-8-6(10)11/h4,8H,1-3H2,(H,7,9)(H,10,11)/t4-/m0/s1. The van der Waals surface area contributed by atoms with Crippen molar-refractivity contribution in [3.63, 3.8) is 0 Å². The molecule has 1 aliphatic heterocycles. The Morgan fingerprint density at radius 3 is 3.00 bits per heavy atom. The Morgan fingerprint density at radius 1 is 1.82 bits per heavy atom. The van der Waals surface area contributed by atoms with Crippen LogP contribution in [0.15, 0.2) is 0 Å². The minimum absolute atomic E-state index is 0.0567. The van der Waals surface area contributed by atoms with E-state index in [9.17, 15) is 9.59 Å². The Labute approximate surface area is 63.8 Å². The van der Waals surface area contributed by atoms with Crippen LogP contribution in [0.1, 0.15) is 6.42 Å². The number of carbonyl (C=O) groups excluding carboxylic acids is 1. The van der Waals surface area contributed by atoms with E-state index >= 15 is 0 Å². The molecule has 1 atom stereocenters. The van der Waals surface area contributed by atoms with E-state index in [1.807, 2.05) is 0 Å². The quantitative estimate of drug-likeness (QED) is 0.501. The molecule has 0 aliphatic carbocycles. The number of nitrogens with one attached hydrogen (secondary N) is 2. The third kappa shape index (κ3) is 2.10. The van der Waals surface area contributed by atoms with E-state index in [1.54, 1.807) is 0 Å². The first-order chi connectivity index (χ1) is 5.20. The highest BCUT2D eigenvalue weighted by atomic mass is 16.4. The summed E-state index contributed by atoms with van der Waals surface area (Å²) >= 11 is 0. The van der Waals surface area contributed by atoms with Gasteiger partial charge in [0, 0.05) is 13.1 Å². The van der Waals surface area contributed by atoms with Gasteiger partial charge in [-0.1, -0.05) is 0 Å². The van der Waals surface area contributed by atoms with E-state index in [-0.39, 0.29) is 18.4 Å². The number of hydrogen-bond donors (Lipinski definition) is 3. The fourth-order valence-electron chi connectivity index (χ4n) is 1.05. The van der Waals surface area contributed by atoms with Gasteiger partial charge in [0.05, 0.1) is 5.92 Å². The summed E-state index contributed by atoms with van der Waals surface area (Å²) in [5.74, 6) is -0.232. The third-order valence-corrected chi connectivity index (χ3v) is 1.66. The molecule has 0 spiro atoms. The molecule has 0 unspecified atom stereocenters. The highest BCUT2D eigenvalue weighted by Crippen LogP contribution is 2.06. The molecule has 1 saturated heterocycles. The molecule has 0 aromatic carbocycles. The first-order valence-electron chi connectivity index (χ1n) is 3.44. The van der Waals surface area contributed by atoms with Crippen molar-refractivity contribution in [1.82, 2.24) is 10.6 Å². The van der Waals surface area contributed by atoms with Gasteiger partial charge >= 0.3 is 6.09 Å². The van der Waals surface area contributed by atoms with E-state index < -0.39 is 6.09 Å². The molecule has 3 N–H and O–H groups in total. The SMILES string of the molecule is O=C(O)NC[C@@H]1CCNC1=O. The molecule has 2 amide bonds. The number of rotatable bonds is 2. The molecule has 5 nitrogen and oxygen atoms in total. The Kier molecular flexibility index (Phi) is 2.30. The highest BCUT2D eigenvalue weighted by molar-refractivity contribution is 5.81. The van der Waals surface area contributed by atoms with Crippen LogP contribution >= 0.6 is 0 Å². The summed E-state index contributed by atoms with van der Waals surface area (Å²) in [4.78, 5) is 20.9. The topological polar surface area (TPSA) is 78.4 Å². The highest BCUT2D eigenvalue weighted by Gasteiger charge is 2.23. The molecule has 1 fully saturated rings. The molecule has 11 heavy (non-hydrogen) atoms. The van der Waals surface area contributed by atoms with Crippen LogP contribution in [0, 0.1) is 5.92 Å². The van der Waals surface area contributed by atoms with Crippen LogP contribution in [0.3, 0.4) is 0 Å². The van der Waals surface area contributed by atoms with Gasteiger partial charge in [0.2, 0.25) is 5.91 Å². The summed E-state index contributed by atoms with van der Waals surface area (Å²) in [5.41, 5.74) is 0. The van der Waals surface area contributed by atoms with Gasteiger partial charge in [-0.3, -0.25) is 4.79 Å². The van der Waals surface area contributed by atoms with E-state index in [4.69, 9.17) is 5.11 Å². The number of amides is 2. The Bertz CT molecular complexity index is 181. The lowest BCUT2D eigenvalue weighted by Gasteiger charge is -2.04. The molecular weight excluding hydrogens is 148 g/mol. The lowest BCUT2D eigenvalue weighted by Crippen LogP contribution is -2.31. The van der Waals surface area contributed by atoms with Gasteiger partial charge in [-0.05, 0) is 6.42 Å². The normalized spacial score (nSPS) is 22.9. The van der Waals surface area contributed by atoms with Crippen molar-refractivity contribution in [3.8, 4) is 0 Å². The fraction of sp³-hybridized carbons (Fsp3) is 0.667. The molecule has 0 saturated carbocycles. The summed E-state index contributed by atoms with van der Waals surface area (Å²) in [6, 6.07) is 0. The second kappa shape index (κ2) is 3.23. The average Bonchev–Trinajstić information content (AvgIpc) is 2.31. The van der Waals surface area contributed by atoms with E-state index in [2.05, 4.69) is 10.6 Å². The van der Waals surface area contributed by atoms with Gasteiger partial charge in [-0.15, -0.1) is 0 Å². The lowest BCUT2D eigenvalue weighted by molar-refractivity contribution is -0.122. The zero-order chi connectivity index (χ0) is 8.27. The molecule has 0 aromatic rings. The Balaban J connectivity index is 2.26. The largest absolute Gasteiger partial charge is 0.465 e. The van der Waals surface area contributed by atoms with Crippen LogP contribution in [-0.2, 0) is 4.79 Å². The van der Waals surface area contributed by atoms with Crippen molar-refractivity contribution >= 4 is 12.0 Å². The molecule has 1 aliphatic rings. The van der Waals surface area contributed by atoms with E-state index in [1.165, 1.54) is 0 Å². The van der Waals surface area contributed by atoms with Gasteiger partial charge < -0.3 is 15.7 Å². The van der Waals surface area contributed by atoms with Gasteiger partial charge in [0.1, 0.15) is 0 Å². The molecule has 0 radical (unpaired) electrons. The van der Waals surface area contributed by atoms with E-state index in [0.717, 1.165) is 6.42 Å².